The van der Waals surface area contributed by atoms with Crippen LogP contribution in [0.25, 0.3) is 0 Å². The van der Waals surface area contributed by atoms with E-state index >= 15 is 0 Å². The van der Waals surface area contributed by atoms with Gasteiger partial charge in [-0.1, -0.05) is 23.7 Å². The molecule has 1 heterocycles. The summed E-state index contributed by atoms with van der Waals surface area (Å²) in [5, 5.41) is 6.88. The topological polar surface area (TPSA) is 46.9 Å². The fourth-order valence-electron chi connectivity index (χ4n) is 2.18. The lowest BCUT2D eigenvalue weighted by atomic mass is 10.1. The van der Waals surface area contributed by atoms with Crippen molar-refractivity contribution < 1.29 is 18.0 Å². The van der Waals surface area contributed by atoms with Gasteiger partial charge in [0.2, 0.25) is 5.91 Å². The van der Waals surface area contributed by atoms with Crippen molar-refractivity contribution in [3.05, 3.63) is 52.3 Å². The fraction of sp³-hybridized carbons (Fsp3) is 0.375. The highest BCUT2D eigenvalue weighted by molar-refractivity contribution is 6.30. The maximum absolute atomic E-state index is 12.6. The van der Waals surface area contributed by atoms with Crippen LogP contribution in [0.5, 0.6) is 0 Å². The van der Waals surface area contributed by atoms with Crippen molar-refractivity contribution in [2.75, 3.05) is 6.54 Å². The highest BCUT2D eigenvalue weighted by Crippen LogP contribution is 2.28. The Bertz CT molecular complexity index is 696. The summed E-state index contributed by atoms with van der Waals surface area (Å²) < 4.78 is 39.0. The van der Waals surface area contributed by atoms with Gasteiger partial charge in [-0.15, -0.1) is 0 Å². The van der Waals surface area contributed by atoms with Crippen molar-refractivity contribution >= 4 is 17.5 Å². The summed E-state index contributed by atoms with van der Waals surface area (Å²) in [5.41, 5.74) is 0.385. The van der Waals surface area contributed by atoms with Gasteiger partial charge >= 0.3 is 6.18 Å². The predicted molar refractivity (Wildman–Crippen MR) is 84.7 cm³/mol. The van der Waals surface area contributed by atoms with Crippen molar-refractivity contribution in [1.29, 1.82) is 0 Å². The average molecular weight is 360 g/mol. The van der Waals surface area contributed by atoms with Crippen LogP contribution in [-0.4, -0.2) is 22.2 Å². The Morgan fingerprint density at radius 2 is 1.96 bits per heavy atom. The molecule has 0 saturated heterocycles. The first kappa shape index (κ1) is 18.3. The van der Waals surface area contributed by atoms with Gasteiger partial charge in [0.05, 0.1) is 6.42 Å². The van der Waals surface area contributed by atoms with E-state index in [0.29, 0.717) is 30.2 Å². The number of carbonyl (C=O) groups excluding carboxylic acids is 1. The molecule has 8 heteroatoms. The zero-order valence-electron chi connectivity index (χ0n) is 13.0. The molecule has 1 aromatic carbocycles. The number of carbonyl (C=O) groups is 1. The number of rotatable bonds is 6. The maximum Gasteiger partial charge on any atom is 0.435 e. The normalized spacial score (nSPS) is 11.5. The summed E-state index contributed by atoms with van der Waals surface area (Å²) in [7, 11) is 0. The van der Waals surface area contributed by atoms with Crippen LogP contribution in [0.4, 0.5) is 13.2 Å². The number of halogens is 4. The molecule has 1 N–H and O–H groups in total. The van der Waals surface area contributed by atoms with Gasteiger partial charge in [0.25, 0.3) is 0 Å². The summed E-state index contributed by atoms with van der Waals surface area (Å²) in [6.07, 6.45) is -3.72. The molecule has 0 aliphatic rings. The largest absolute Gasteiger partial charge is 0.435 e. The van der Waals surface area contributed by atoms with Crippen molar-refractivity contribution in [3.8, 4) is 0 Å². The monoisotopic (exact) mass is 359 g/mol. The molecule has 0 aliphatic carbocycles. The fourth-order valence-corrected chi connectivity index (χ4v) is 2.31. The zero-order valence-corrected chi connectivity index (χ0v) is 13.8. The molecule has 2 rings (SSSR count). The first-order chi connectivity index (χ1) is 11.3. The van der Waals surface area contributed by atoms with Gasteiger partial charge in [-0.3, -0.25) is 9.48 Å². The third-order valence-electron chi connectivity index (χ3n) is 3.42. The minimum atomic E-state index is -4.44. The summed E-state index contributed by atoms with van der Waals surface area (Å²) in [6, 6.07) is 7.98. The third-order valence-corrected chi connectivity index (χ3v) is 3.67. The zero-order chi connectivity index (χ0) is 17.7. The molecule has 0 aliphatic heterocycles. The molecule has 0 atom stereocenters. The lowest BCUT2D eigenvalue weighted by Gasteiger charge is -2.07. The van der Waals surface area contributed by atoms with Crippen molar-refractivity contribution in [1.82, 2.24) is 15.1 Å². The highest BCUT2D eigenvalue weighted by Gasteiger charge is 2.34. The van der Waals surface area contributed by atoms with Gasteiger partial charge in [0, 0.05) is 23.8 Å². The second-order valence-electron chi connectivity index (χ2n) is 5.40. The Balaban J connectivity index is 1.75. The van der Waals surface area contributed by atoms with E-state index in [0.717, 1.165) is 11.6 Å². The molecule has 130 valence electrons. The molecule has 0 spiro atoms. The minimum Gasteiger partial charge on any atom is -0.356 e. The van der Waals surface area contributed by atoms with Crippen LogP contribution in [0.1, 0.15) is 23.4 Å². The average Bonchev–Trinajstić information content (AvgIpc) is 2.87. The number of alkyl halides is 3. The Labute approximate surface area is 142 Å². The van der Waals surface area contributed by atoms with Crippen LogP contribution in [0.15, 0.2) is 30.3 Å². The summed E-state index contributed by atoms with van der Waals surface area (Å²) in [6.45, 7) is 2.25. The number of nitrogens with zero attached hydrogens (tertiary/aromatic N) is 2. The lowest BCUT2D eigenvalue weighted by Crippen LogP contribution is -2.27. The van der Waals surface area contributed by atoms with Gasteiger partial charge in [-0.2, -0.15) is 18.3 Å². The van der Waals surface area contributed by atoms with Gasteiger partial charge in [-0.25, -0.2) is 0 Å². The van der Waals surface area contributed by atoms with E-state index in [1.165, 1.54) is 4.68 Å². The van der Waals surface area contributed by atoms with E-state index in [-0.39, 0.29) is 12.3 Å². The van der Waals surface area contributed by atoms with Crippen LogP contribution in [-0.2, 0) is 23.9 Å². The SMILES string of the molecule is Cc1cc(C(F)(F)F)nn1CCCNC(=O)Cc1ccc(Cl)cc1. The van der Waals surface area contributed by atoms with Crippen LogP contribution in [0.3, 0.4) is 0 Å². The molecule has 0 fully saturated rings. The van der Waals surface area contributed by atoms with E-state index in [4.69, 9.17) is 11.6 Å². The number of amides is 1. The standard InChI is InChI=1S/C16H17ClF3N3O/c1-11-9-14(16(18,19)20)22-23(11)8-2-7-21-15(24)10-12-3-5-13(17)6-4-12/h3-6,9H,2,7-8,10H2,1H3,(H,21,24). The van der Waals surface area contributed by atoms with Crippen LogP contribution in [0, 0.1) is 6.92 Å². The molecule has 2 aromatic rings. The van der Waals surface area contributed by atoms with Crippen molar-refractivity contribution in [3.63, 3.8) is 0 Å². The molecular formula is C16H17ClF3N3O. The molecule has 4 nitrogen and oxygen atoms in total. The van der Waals surface area contributed by atoms with E-state index in [9.17, 15) is 18.0 Å². The van der Waals surface area contributed by atoms with Crippen LogP contribution < -0.4 is 5.32 Å². The highest BCUT2D eigenvalue weighted by atomic mass is 35.5. The Morgan fingerprint density at radius 3 is 2.54 bits per heavy atom. The Morgan fingerprint density at radius 1 is 1.29 bits per heavy atom. The number of hydrogen-bond acceptors (Lipinski definition) is 2. The molecule has 0 unspecified atom stereocenters. The maximum atomic E-state index is 12.6. The lowest BCUT2D eigenvalue weighted by molar-refractivity contribution is -0.141. The van der Waals surface area contributed by atoms with Gasteiger partial charge in [0.1, 0.15) is 0 Å². The minimum absolute atomic E-state index is 0.148. The third kappa shape index (κ3) is 5.26. The molecular weight excluding hydrogens is 343 g/mol. The van der Waals surface area contributed by atoms with E-state index < -0.39 is 11.9 Å². The molecule has 0 radical (unpaired) electrons. The summed E-state index contributed by atoms with van der Waals surface area (Å²) in [4.78, 5) is 11.8. The van der Waals surface area contributed by atoms with E-state index in [2.05, 4.69) is 10.4 Å². The molecule has 0 bridgehead atoms. The molecule has 24 heavy (non-hydrogen) atoms. The molecule has 1 amide bonds. The number of aryl methyl sites for hydroxylation is 2. The first-order valence-electron chi connectivity index (χ1n) is 7.38. The van der Waals surface area contributed by atoms with Crippen molar-refractivity contribution in [2.24, 2.45) is 0 Å². The van der Waals surface area contributed by atoms with Crippen molar-refractivity contribution in [2.45, 2.75) is 32.5 Å². The number of benzene rings is 1. The molecule has 1 aromatic heterocycles. The second kappa shape index (κ2) is 7.70. The smallest absolute Gasteiger partial charge is 0.356 e. The van der Waals surface area contributed by atoms with Gasteiger partial charge < -0.3 is 5.32 Å². The van der Waals surface area contributed by atoms with E-state index in [1.54, 1.807) is 31.2 Å². The quantitative estimate of drug-likeness (QED) is 0.801. The van der Waals surface area contributed by atoms with E-state index in [1.807, 2.05) is 0 Å². The number of aromatic nitrogens is 2. The second-order valence-corrected chi connectivity index (χ2v) is 5.84. The summed E-state index contributed by atoms with van der Waals surface area (Å²) >= 11 is 5.77. The number of nitrogens with one attached hydrogen (secondary N) is 1. The predicted octanol–water partition coefficient (Wildman–Crippen LogP) is 3.61. The Kier molecular flexibility index (Phi) is 5.88. The Hall–Kier alpha value is -2.02. The van der Waals surface area contributed by atoms with Crippen LogP contribution in [0.2, 0.25) is 5.02 Å². The first-order valence-corrected chi connectivity index (χ1v) is 7.76. The number of hydrogen-bond donors (Lipinski definition) is 1. The van der Waals surface area contributed by atoms with Crippen LogP contribution >= 0.6 is 11.6 Å². The van der Waals surface area contributed by atoms with Gasteiger partial charge in [-0.05, 0) is 37.1 Å². The molecule has 0 saturated carbocycles. The van der Waals surface area contributed by atoms with Gasteiger partial charge in [0.15, 0.2) is 5.69 Å². The summed E-state index contributed by atoms with van der Waals surface area (Å²) in [5.74, 6) is -0.148.